The number of hydrogen-bond acceptors (Lipinski definition) is 2. The van der Waals surface area contributed by atoms with E-state index in [0.29, 0.717) is 0 Å². The van der Waals surface area contributed by atoms with Crippen LogP contribution in [0.15, 0.2) is 0 Å². The smallest absolute Gasteiger partial charge is 0.176 e. The van der Waals surface area contributed by atoms with Crippen molar-refractivity contribution in [1.29, 1.82) is 0 Å². The Labute approximate surface area is 78.6 Å². The zero-order valence-corrected chi connectivity index (χ0v) is 9.11. The molecule has 0 aliphatic carbocycles. The van der Waals surface area contributed by atoms with Gasteiger partial charge in [-0.2, -0.15) is 0 Å². The minimum Gasteiger partial charge on any atom is -0.296 e. The fraction of sp³-hybridized carbons (Fsp3) is 0.750. The molecule has 1 saturated heterocycles. The maximum absolute atomic E-state index is 11.0. The van der Waals surface area contributed by atoms with Crippen LogP contribution in [-0.4, -0.2) is 26.0 Å². The van der Waals surface area contributed by atoms with Gasteiger partial charge in [0.1, 0.15) is 4.95 Å². The SMILES string of the molecule is O=C1C(Br)CN(Br)C1Br. The molecular formula is C4H4Br3NO. The summed E-state index contributed by atoms with van der Waals surface area (Å²) in [7, 11) is 0. The average molecular weight is 322 g/mol. The molecule has 1 rings (SSSR count). The van der Waals surface area contributed by atoms with Gasteiger partial charge in [-0.25, -0.2) is 3.93 Å². The van der Waals surface area contributed by atoms with Gasteiger partial charge in [-0.3, -0.25) is 4.79 Å². The van der Waals surface area contributed by atoms with E-state index in [1.807, 2.05) is 0 Å². The Morgan fingerprint density at radius 1 is 1.56 bits per heavy atom. The Kier molecular flexibility index (Phi) is 2.71. The molecule has 0 aromatic carbocycles. The molecule has 5 heteroatoms. The molecule has 52 valence electrons. The first-order valence-corrected chi connectivity index (χ1v) is 4.91. The summed E-state index contributed by atoms with van der Waals surface area (Å²) in [5, 5.41) is 0. The van der Waals surface area contributed by atoms with Crippen molar-refractivity contribution in [3.63, 3.8) is 0 Å². The molecule has 2 atom stereocenters. The van der Waals surface area contributed by atoms with Crippen LogP contribution in [0, 0.1) is 0 Å². The molecule has 1 aliphatic heterocycles. The van der Waals surface area contributed by atoms with Crippen molar-refractivity contribution >= 4 is 53.8 Å². The largest absolute Gasteiger partial charge is 0.296 e. The quantitative estimate of drug-likeness (QED) is 0.384. The molecule has 0 N–H and O–H groups in total. The lowest BCUT2D eigenvalue weighted by Crippen LogP contribution is -2.17. The molecule has 2 unspecified atom stereocenters. The van der Waals surface area contributed by atoms with E-state index in [1.54, 1.807) is 3.93 Å². The summed E-state index contributed by atoms with van der Waals surface area (Å²) in [4.78, 5) is 10.8. The first-order valence-electron chi connectivity index (χ1n) is 2.37. The van der Waals surface area contributed by atoms with Crippen molar-refractivity contribution in [1.82, 2.24) is 3.93 Å². The lowest BCUT2D eigenvalue weighted by molar-refractivity contribution is -0.116. The summed E-state index contributed by atoms with van der Waals surface area (Å²) in [5.41, 5.74) is 0. The van der Waals surface area contributed by atoms with Crippen LogP contribution >= 0.6 is 48.0 Å². The minimum atomic E-state index is -0.165. The van der Waals surface area contributed by atoms with E-state index in [4.69, 9.17) is 0 Å². The summed E-state index contributed by atoms with van der Waals surface area (Å²) in [6, 6.07) is 0. The van der Waals surface area contributed by atoms with Gasteiger partial charge in [-0.15, -0.1) is 0 Å². The molecule has 0 aromatic rings. The van der Waals surface area contributed by atoms with Gasteiger partial charge in [-0.1, -0.05) is 31.9 Å². The Morgan fingerprint density at radius 3 is 2.22 bits per heavy atom. The van der Waals surface area contributed by atoms with Gasteiger partial charge in [0, 0.05) is 22.7 Å². The molecule has 0 spiro atoms. The van der Waals surface area contributed by atoms with Gasteiger partial charge in [-0.05, 0) is 0 Å². The molecule has 1 aliphatic rings. The molecular weight excluding hydrogens is 318 g/mol. The van der Waals surface area contributed by atoms with Crippen LogP contribution in [0.2, 0.25) is 0 Å². The fourth-order valence-corrected chi connectivity index (χ4v) is 2.91. The summed E-state index contributed by atoms with van der Waals surface area (Å²) in [5.74, 6) is 0.173. The van der Waals surface area contributed by atoms with Crippen LogP contribution in [-0.2, 0) is 4.79 Å². The first kappa shape index (κ1) is 8.17. The van der Waals surface area contributed by atoms with E-state index in [-0.39, 0.29) is 15.6 Å². The predicted octanol–water partition coefficient (Wildman–Crippen LogP) is 1.67. The second kappa shape index (κ2) is 2.98. The molecule has 0 bridgehead atoms. The zero-order chi connectivity index (χ0) is 7.02. The number of hydrogen-bond donors (Lipinski definition) is 0. The van der Waals surface area contributed by atoms with E-state index in [9.17, 15) is 4.79 Å². The maximum atomic E-state index is 11.0. The van der Waals surface area contributed by atoms with E-state index in [1.165, 1.54) is 0 Å². The van der Waals surface area contributed by atoms with Crippen LogP contribution in [0.25, 0.3) is 0 Å². The number of halogens is 3. The van der Waals surface area contributed by atoms with Gasteiger partial charge in [0.15, 0.2) is 5.78 Å². The lowest BCUT2D eigenvalue weighted by Gasteiger charge is -2.05. The van der Waals surface area contributed by atoms with Crippen molar-refractivity contribution < 1.29 is 4.79 Å². The Bertz CT molecular complexity index is 140. The molecule has 0 aromatic heterocycles. The van der Waals surface area contributed by atoms with E-state index in [0.717, 1.165) is 6.54 Å². The van der Waals surface area contributed by atoms with Crippen LogP contribution in [0.4, 0.5) is 0 Å². The third-order valence-corrected chi connectivity index (χ3v) is 4.06. The van der Waals surface area contributed by atoms with Crippen LogP contribution in [0.3, 0.4) is 0 Å². The third kappa shape index (κ3) is 1.56. The van der Waals surface area contributed by atoms with Crippen LogP contribution in [0.5, 0.6) is 0 Å². The van der Waals surface area contributed by atoms with E-state index >= 15 is 0 Å². The summed E-state index contributed by atoms with van der Waals surface area (Å²) < 4.78 is 1.77. The van der Waals surface area contributed by atoms with Gasteiger partial charge in [0.05, 0.1) is 4.83 Å². The molecule has 0 radical (unpaired) electrons. The number of alkyl halides is 2. The van der Waals surface area contributed by atoms with Crippen LogP contribution < -0.4 is 0 Å². The number of rotatable bonds is 0. The van der Waals surface area contributed by atoms with Gasteiger partial charge < -0.3 is 0 Å². The van der Waals surface area contributed by atoms with Gasteiger partial charge >= 0.3 is 0 Å². The molecule has 0 saturated carbocycles. The minimum absolute atomic E-state index is 0.0266. The lowest BCUT2D eigenvalue weighted by atomic mass is 10.4. The monoisotopic (exact) mass is 319 g/mol. The maximum Gasteiger partial charge on any atom is 0.176 e. The highest BCUT2D eigenvalue weighted by Gasteiger charge is 2.35. The molecule has 0 amide bonds. The predicted molar refractivity (Wildman–Crippen MR) is 46.1 cm³/mol. The Hall–Kier alpha value is 1.07. The highest BCUT2D eigenvalue weighted by Crippen LogP contribution is 2.26. The highest BCUT2D eigenvalue weighted by molar-refractivity contribution is 9.12. The number of carbonyl (C=O) groups excluding carboxylic acids is 1. The van der Waals surface area contributed by atoms with Crippen molar-refractivity contribution in [2.24, 2.45) is 0 Å². The standard InChI is InChI=1S/C4H4Br3NO/c5-2-1-8(7)4(6)3(2)9/h2,4H,1H2. The second-order valence-corrected chi connectivity index (χ2v) is 4.67. The Morgan fingerprint density at radius 2 is 2.11 bits per heavy atom. The fourth-order valence-electron chi connectivity index (χ4n) is 0.623. The van der Waals surface area contributed by atoms with Crippen LogP contribution in [0.1, 0.15) is 0 Å². The molecule has 9 heavy (non-hydrogen) atoms. The number of ketones is 1. The highest BCUT2D eigenvalue weighted by atomic mass is 79.9. The normalized spacial score (nSPS) is 37.9. The second-order valence-electron chi connectivity index (χ2n) is 1.79. The third-order valence-electron chi connectivity index (χ3n) is 1.12. The molecule has 1 fully saturated rings. The van der Waals surface area contributed by atoms with E-state index < -0.39 is 0 Å². The Balaban J connectivity index is 2.65. The zero-order valence-electron chi connectivity index (χ0n) is 4.35. The summed E-state index contributed by atoms with van der Waals surface area (Å²) >= 11 is 9.66. The summed E-state index contributed by atoms with van der Waals surface area (Å²) in [6.45, 7) is 0.717. The van der Waals surface area contributed by atoms with Crippen molar-refractivity contribution in [2.45, 2.75) is 9.78 Å². The molecule has 1 heterocycles. The topological polar surface area (TPSA) is 20.3 Å². The van der Waals surface area contributed by atoms with Crippen molar-refractivity contribution in [2.75, 3.05) is 6.54 Å². The summed E-state index contributed by atoms with van der Waals surface area (Å²) in [6.07, 6.45) is 0. The average Bonchev–Trinajstić information content (AvgIpc) is 1.98. The number of carbonyl (C=O) groups is 1. The van der Waals surface area contributed by atoms with Gasteiger partial charge in [0.2, 0.25) is 0 Å². The van der Waals surface area contributed by atoms with Crippen molar-refractivity contribution in [3.8, 4) is 0 Å². The van der Waals surface area contributed by atoms with E-state index in [2.05, 4.69) is 48.0 Å². The first-order chi connectivity index (χ1) is 4.13. The van der Waals surface area contributed by atoms with Gasteiger partial charge in [0.25, 0.3) is 0 Å². The number of Topliss-reactive ketones (excluding diaryl/α,β-unsaturated/α-hetero) is 1. The number of nitrogens with zero attached hydrogens (tertiary/aromatic N) is 1. The molecule has 2 nitrogen and oxygen atoms in total. The van der Waals surface area contributed by atoms with Crippen molar-refractivity contribution in [3.05, 3.63) is 0 Å².